The molecule has 0 fully saturated rings. The molecule has 4 aromatic rings. The molecule has 0 saturated heterocycles. The first-order valence-corrected chi connectivity index (χ1v) is 12.6. The fourth-order valence-electron chi connectivity index (χ4n) is 4.48. The van der Waals surface area contributed by atoms with Crippen LogP contribution in [0.15, 0.2) is 47.7 Å². The number of nitrogens with zero attached hydrogens (tertiary/aromatic N) is 4. The third-order valence-corrected chi connectivity index (χ3v) is 8.06. The van der Waals surface area contributed by atoms with Crippen LogP contribution in [0.25, 0.3) is 10.2 Å². The first kappa shape index (κ1) is 23.8. The minimum Gasteiger partial charge on any atom is -0.503 e. The standard InChI is InChI=1S/C25H20N4O5S2/c1-11-8-12(2)19-17(9-11)36-25(27-19)28-20(15-6-5-7-16(10-15)29(33)34)18(22(31)24(28)32)21(30)23-13(3)26-14(4)35-23/h5-10,20,31H,1-4H3. The Labute approximate surface area is 213 Å². The summed E-state index contributed by atoms with van der Waals surface area (Å²) in [4.78, 5) is 48.7. The molecule has 2 aromatic heterocycles. The van der Waals surface area contributed by atoms with Gasteiger partial charge in [0.25, 0.3) is 11.6 Å². The van der Waals surface area contributed by atoms with Crippen LogP contribution in [-0.4, -0.2) is 31.7 Å². The van der Waals surface area contributed by atoms with Crippen molar-refractivity contribution in [1.82, 2.24) is 9.97 Å². The van der Waals surface area contributed by atoms with E-state index in [1.807, 2.05) is 26.0 Å². The lowest BCUT2D eigenvalue weighted by Gasteiger charge is -2.24. The number of nitro benzene ring substituents is 1. The van der Waals surface area contributed by atoms with E-state index in [4.69, 9.17) is 0 Å². The average Bonchev–Trinajstić information content (AvgIpc) is 3.47. The Balaban J connectivity index is 1.73. The van der Waals surface area contributed by atoms with Gasteiger partial charge < -0.3 is 5.11 Å². The van der Waals surface area contributed by atoms with Crippen LogP contribution in [0.1, 0.15) is 43.1 Å². The maximum atomic E-state index is 13.7. The van der Waals surface area contributed by atoms with Crippen LogP contribution in [-0.2, 0) is 4.79 Å². The highest BCUT2D eigenvalue weighted by molar-refractivity contribution is 7.22. The highest BCUT2D eigenvalue weighted by Crippen LogP contribution is 2.45. The Bertz CT molecular complexity index is 1630. The molecule has 0 bridgehead atoms. The van der Waals surface area contributed by atoms with Crippen molar-refractivity contribution in [2.24, 2.45) is 0 Å². The van der Waals surface area contributed by atoms with Crippen molar-refractivity contribution < 1.29 is 19.6 Å². The number of carbonyl (C=O) groups excluding carboxylic acids is 2. The summed E-state index contributed by atoms with van der Waals surface area (Å²) in [5, 5.41) is 23.4. The van der Waals surface area contributed by atoms with E-state index in [1.54, 1.807) is 19.9 Å². The SMILES string of the molecule is Cc1cc(C)c2nc(N3C(=O)C(O)=C(C(=O)c4sc(C)nc4C)C3c3cccc([N+](=O)[O-])c3)sc2c1. The van der Waals surface area contributed by atoms with E-state index in [1.165, 1.54) is 45.8 Å². The number of aromatic nitrogens is 2. The van der Waals surface area contributed by atoms with Gasteiger partial charge in [0.05, 0.1) is 42.3 Å². The van der Waals surface area contributed by atoms with Crippen molar-refractivity contribution in [3.8, 4) is 0 Å². The number of hydrogen-bond acceptors (Lipinski definition) is 9. The number of benzene rings is 2. The third-order valence-electron chi connectivity index (χ3n) is 5.98. The highest BCUT2D eigenvalue weighted by atomic mass is 32.1. The predicted molar refractivity (Wildman–Crippen MR) is 138 cm³/mol. The van der Waals surface area contributed by atoms with Gasteiger partial charge in [-0.15, -0.1) is 11.3 Å². The molecule has 1 unspecified atom stereocenters. The lowest BCUT2D eigenvalue weighted by Crippen LogP contribution is -2.31. The van der Waals surface area contributed by atoms with E-state index in [9.17, 15) is 24.8 Å². The lowest BCUT2D eigenvalue weighted by molar-refractivity contribution is -0.384. The second kappa shape index (κ2) is 8.61. The number of aryl methyl sites for hydroxylation is 4. The molecule has 0 saturated carbocycles. The number of rotatable bonds is 5. The zero-order valence-corrected chi connectivity index (χ0v) is 21.4. The summed E-state index contributed by atoms with van der Waals surface area (Å²) in [5.74, 6) is -2.03. The second-order valence-corrected chi connectivity index (χ2v) is 10.8. The predicted octanol–water partition coefficient (Wildman–Crippen LogP) is 5.68. The highest BCUT2D eigenvalue weighted by Gasteiger charge is 2.47. The Morgan fingerprint density at radius 1 is 1.11 bits per heavy atom. The lowest BCUT2D eigenvalue weighted by atomic mass is 9.95. The van der Waals surface area contributed by atoms with E-state index in [0.29, 0.717) is 26.7 Å². The molecule has 0 radical (unpaired) electrons. The summed E-state index contributed by atoms with van der Waals surface area (Å²) >= 11 is 2.42. The van der Waals surface area contributed by atoms with E-state index >= 15 is 0 Å². The van der Waals surface area contributed by atoms with E-state index in [2.05, 4.69) is 9.97 Å². The number of ketones is 1. The normalized spacial score (nSPS) is 15.8. The number of Topliss-reactive ketones (excluding diaryl/α,β-unsaturated/α-hetero) is 1. The van der Waals surface area contributed by atoms with E-state index < -0.39 is 28.4 Å². The van der Waals surface area contributed by atoms with Crippen LogP contribution in [0.5, 0.6) is 0 Å². The van der Waals surface area contributed by atoms with Crippen LogP contribution < -0.4 is 4.90 Å². The maximum absolute atomic E-state index is 13.7. The number of non-ortho nitro benzene ring substituents is 1. The number of thiazole rings is 2. The third kappa shape index (κ3) is 3.76. The molecule has 1 atom stereocenters. The number of nitro groups is 1. The topological polar surface area (TPSA) is 127 Å². The minimum atomic E-state index is -1.10. The number of aliphatic hydroxyl groups is 1. The number of amides is 1. The monoisotopic (exact) mass is 520 g/mol. The van der Waals surface area contributed by atoms with Gasteiger partial charge in [0.2, 0.25) is 5.78 Å². The van der Waals surface area contributed by atoms with E-state index in [-0.39, 0.29) is 16.4 Å². The summed E-state index contributed by atoms with van der Waals surface area (Å²) in [6.45, 7) is 7.33. The average molecular weight is 521 g/mol. The molecule has 182 valence electrons. The zero-order chi connectivity index (χ0) is 25.9. The van der Waals surface area contributed by atoms with Gasteiger partial charge in [-0.2, -0.15) is 0 Å². The summed E-state index contributed by atoms with van der Waals surface area (Å²) in [6, 6.07) is 8.55. The van der Waals surface area contributed by atoms with Gasteiger partial charge in [-0.1, -0.05) is 29.5 Å². The fraction of sp³-hybridized carbons (Fsp3) is 0.200. The van der Waals surface area contributed by atoms with Crippen LogP contribution in [0.2, 0.25) is 0 Å². The molecule has 3 heterocycles. The van der Waals surface area contributed by atoms with Crippen LogP contribution in [0.3, 0.4) is 0 Å². The molecule has 0 aliphatic carbocycles. The molecule has 1 N–H and O–H groups in total. The smallest absolute Gasteiger partial charge is 0.296 e. The fourth-order valence-corrected chi connectivity index (χ4v) is 6.53. The molecular formula is C25H20N4O5S2. The van der Waals surface area contributed by atoms with Crippen molar-refractivity contribution in [1.29, 1.82) is 0 Å². The zero-order valence-electron chi connectivity index (χ0n) is 19.7. The summed E-state index contributed by atoms with van der Waals surface area (Å²) in [7, 11) is 0. The van der Waals surface area contributed by atoms with Gasteiger partial charge in [-0.3, -0.25) is 24.6 Å². The van der Waals surface area contributed by atoms with Gasteiger partial charge in [0.15, 0.2) is 10.9 Å². The van der Waals surface area contributed by atoms with Crippen molar-refractivity contribution in [3.63, 3.8) is 0 Å². The molecule has 36 heavy (non-hydrogen) atoms. The van der Waals surface area contributed by atoms with Crippen LogP contribution >= 0.6 is 22.7 Å². The summed E-state index contributed by atoms with van der Waals surface area (Å²) < 4.78 is 0.848. The number of carbonyl (C=O) groups is 2. The van der Waals surface area contributed by atoms with Gasteiger partial charge in [-0.25, -0.2) is 9.97 Å². The maximum Gasteiger partial charge on any atom is 0.296 e. The Morgan fingerprint density at radius 2 is 1.86 bits per heavy atom. The van der Waals surface area contributed by atoms with Crippen molar-refractivity contribution in [2.75, 3.05) is 4.90 Å². The Hall–Kier alpha value is -3.96. The summed E-state index contributed by atoms with van der Waals surface area (Å²) in [6.07, 6.45) is 0. The van der Waals surface area contributed by atoms with E-state index in [0.717, 1.165) is 15.8 Å². The molecule has 2 aromatic carbocycles. The van der Waals surface area contributed by atoms with Crippen molar-refractivity contribution >= 4 is 55.4 Å². The molecule has 5 rings (SSSR count). The van der Waals surface area contributed by atoms with Gasteiger partial charge >= 0.3 is 0 Å². The minimum absolute atomic E-state index is 0.153. The molecule has 1 aliphatic rings. The number of aliphatic hydroxyl groups excluding tert-OH is 1. The quantitative estimate of drug-likeness (QED) is 0.204. The van der Waals surface area contributed by atoms with Crippen LogP contribution in [0, 0.1) is 37.8 Å². The van der Waals surface area contributed by atoms with Gasteiger partial charge in [-0.05, 0) is 50.5 Å². The van der Waals surface area contributed by atoms with Gasteiger partial charge in [0.1, 0.15) is 0 Å². The molecule has 1 aliphatic heterocycles. The molecule has 11 heteroatoms. The molecule has 9 nitrogen and oxygen atoms in total. The van der Waals surface area contributed by atoms with Crippen molar-refractivity contribution in [3.05, 3.63) is 90.1 Å². The summed E-state index contributed by atoms with van der Waals surface area (Å²) in [5.41, 5.74) is 3.12. The Morgan fingerprint density at radius 3 is 2.53 bits per heavy atom. The van der Waals surface area contributed by atoms with Gasteiger partial charge in [0, 0.05) is 12.1 Å². The molecule has 0 spiro atoms. The number of hydrogen-bond donors (Lipinski definition) is 1. The van der Waals surface area contributed by atoms with Crippen molar-refractivity contribution in [2.45, 2.75) is 33.7 Å². The largest absolute Gasteiger partial charge is 0.503 e. The second-order valence-electron chi connectivity index (χ2n) is 8.59. The Kier molecular flexibility index (Phi) is 5.68. The molecule has 1 amide bonds. The van der Waals surface area contributed by atoms with Crippen LogP contribution in [0.4, 0.5) is 10.8 Å². The number of anilines is 1. The molecular weight excluding hydrogens is 500 g/mol. The first-order valence-electron chi connectivity index (χ1n) is 10.9. The first-order chi connectivity index (χ1) is 17.1. The number of fused-ring (bicyclic) bond motifs is 1.